The molecule has 0 spiro atoms. The summed E-state index contributed by atoms with van der Waals surface area (Å²) in [6.45, 7) is 10.8. The fourth-order valence-electron chi connectivity index (χ4n) is 2.72. The summed E-state index contributed by atoms with van der Waals surface area (Å²) >= 11 is 1.55. The second-order valence-corrected chi connectivity index (χ2v) is 7.48. The molecule has 1 unspecified atom stereocenters. The maximum atomic E-state index is 11.2. The molecule has 3 nitrogen and oxygen atoms in total. The van der Waals surface area contributed by atoms with E-state index in [-0.39, 0.29) is 5.41 Å². The van der Waals surface area contributed by atoms with Gasteiger partial charge < -0.3 is 4.90 Å². The number of carbonyl (C=O) groups excluding carboxylic acids is 1. The Hall–Kier alpha value is -0.900. The Balaban J connectivity index is 2.18. The van der Waals surface area contributed by atoms with E-state index in [1.807, 2.05) is 0 Å². The number of aldehydes is 1. The highest BCUT2D eigenvalue weighted by molar-refractivity contribution is 7.17. The Bertz CT molecular complexity index is 447. The topological polar surface area (TPSA) is 33.2 Å². The Kier molecular flexibility index (Phi) is 4.29. The first-order valence-electron chi connectivity index (χ1n) is 7.17. The number of hydrogen-bond donors (Lipinski definition) is 0. The number of nitrogens with zero attached hydrogens (tertiary/aromatic N) is 2. The van der Waals surface area contributed by atoms with Crippen LogP contribution in [0.1, 0.15) is 62.3 Å². The first kappa shape index (κ1) is 14.5. The summed E-state index contributed by atoms with van der Waals surface area (Å²) < 4.78 is 0. The number of hydrogen-bond acceptors (Lipinski definition) is 4. The van der Waals surface area contributed by atoms with Gasteiger partial charge in [-0.3, -0.25) is 4.79 Å². The Labute approximate surface area is 120 Å². The van der Waals surface area contributed by atoms with Gasteiger partial charge in [-0.25, -0.2) is 4.98 Å². The van der Waals surface area contributed by atoms with Crippen molar-refractivity contribution in [2.24, 2.45) is 5.92 Å². The molecule has 1 aromatic rings. The Morgan fingerprint density at radius 3 is 2.74 bits per heavy atom. The third-order valence-electron chi connectivity index (χ3n) is 3.71. The van der Waals surface area contributed by atoms with Crippen LogP contribution >= 0.6 is 11.3 Å². The van der Waals surface area contributed by atoms with Crippen molar-refractivity contribution in [3.05, 3.63) is 10.6 Å². The Morgan fingerprint density at radius 1 is 1.47 bits per heavy atom. The van der Waals surface area contributed by atoms with E-state index < -0.39 is 0 Å². The summed E-state index contributed by atoms with van der Waals surface area (Å²) in [4.78, 5) is 19.1. The van der Waals surface area contributed by atoms with Crippen LogP contribution in [0.15, 0.2) is 0 Å². The molecule has 1 fully saturated rings. The van der Waals surface area contributed by atoms with Crippen molar-refractivity contribution < 1.29 is 4.79 Å². The quantitative estimate of drug-likeness (QED) is 0.785. The van der Waals surface area contributed by atoms with Gasteiger partial charge in [0.05, 0.1) is 10.6 Å². The third kappa shape index (κ3) is 3.16. The molecule has 106 valence electrons. The van der Waals surface area contributed by atoms with Crippen molar-refractivity contribution >= 4 is 22.8 Å². The van der Waals surface area contributed by atoms with Crippen molar-refractivity contribution in [3.63, 3.8) is 0 Å². The lowest BCUT2D eigenvalue weighted by atomic mass is 9.91. The minimum atomic E-state index is -0.0620. The summed E-state index contributed by atoms with van der Waals surface area (Å²) in [5.74, 6) is 0.798. The summed E-state index contributed by atoms with van der Waals surface area (Å²) in [7, 11) is 0. The molecule has 1 saturated heterocycles. The van der Waals surface area contributed by atoms with Crippen LogP contribution < -0.4 is 4.90 Å². The zero-order valence-electron chi connectivity index (χ0n) is 12.4. The van der Waals surface area contributed by atoms with Crippen LogP contribution in [-0.2, 0) is 5.41 Å². The Morgan fingerprint density at radius 2 is 2.21 bits per heavy atom. The molecule has 1 aromatic heterocycles. The molecule has 0 saturated carbocycles. The second-order valence-electron chi connectivity index (χ2n) is 6.47. The summed E-state index contributed by atoms with van der Waals surface area (Å²) in [6.07, 6.45) is 4.77. The maximum absolute atomic E-state index is 11.2. The molecule has 1 aliphatic heterocycles. The van der Waals surface area contributed by atoms with Crippen LogP contribution in [0, 0.1) is 5.92 Å². The molecular formula is C15H24N2OS. The van der Waals surface area contributed by atoms with E-state index >= 15 is 0 Å². The molecule has 4 heteroatoms. The normalized spacial score (nSPS) is 20.0. The molecular weight excluding hydrogens is 256 g/mol. The van der Waals surface area contributed by atoms with Gasteiger partial charge in [0.2, 0.25) is 0 Å². The van der Waals surface area contributed by atoms with E-state index in [2.05, 4.69) is 32.6 Å². The van der Waals surface area contributed by atoms with Crippen molar-refractivity contribution in [1.82, 2.24) is 4.98 Å². The molecule has 2 rings (SSSR count). The average molecular weight is 280 g/mol. The van der Waals surface area contributed by atoms with Crippen molar-refractivity contribution in [1.29, 1.82) is 0 Å². The fraction of sp³-hybridized carbons (Fsp3) is 0.733. The molecule has 1 atom stereocenters. The largest absolute Gasteiger partial charge is 0.348 e. The number of thiazole rings is 1. The first-order valence-corrected chi connectivity index (χ1v) is 7.98. The molecule has 0 radical (unpaired) electrons. The van der Waals surface area contributed by atoms with E-state index in [0.717, 1.165) is 41.0 Å². The van der Waals surface area contributed by atoms with Gasteiger partial charge in [-0.2, -0.15) is 0 Å². The van der Waals surface area contributed by atoms with E-state index in [4.69, 9.17) is 4.98 Å². The first-order chi connectivity index (χ1) is 8.95. The summed E-state index contributed by atoms with van der Waals surface area (Å²) in [6, 6.07) is 0. The van der Waals surface area contributed by atoms with Gasteiger partial charge in [0.25, 0.3) is 0 Å². The highest BCUT2D eigenvalue weighted by Crippen LogP contribution is 2.35. The van der Waals surface area contributed by atoms with Crippen LogP contribution in [-0.4, -0.2) is 24.4 Å². The van der Waals surface area contributed by atoms with Crippen molar-refractivity contribution in [2.75, 3.05) is 18.0 Å². The molecule has 19 heavy (non-hydrogen) atoms. The summed E-state index contributed by atoms with van der Waals surface area (Å²) in [5.41, 5.74) is 0.884. The minimum Gasteiger partial charge on any atom is -0.348 e. The third-order valence-corrected chi connectivity index (χ3v) is 4.75. The lowest BCUT2D eigenvalue weighted by Crippen LogP contribution is -2.20. The van der Waals surface area contributed by atoms with Gasteiger partial charge in [-0.1, -0.05) is 45.5 Å². The monoisotopic (exact) mass is 280 g/mol. The molecule has 0 aromatic carbocycles. The van der Waals surface area contributed by atoms with E-state index in [9.17, 15) is 4.79 Å². The molecule has 0 aliphatic carbocycles. The number of aromatic nitrogens is 1. The van der Waals surface area contributed by atoms with Crippen LogP contribution in [0.4, 0.5) is 5.13 Å². The minimum absolute atomic E-state index is 0.0620. The van der Waals surface area contributed by atoms with Gasteiger partial charge in [-0.05, 0) is 18.8 Å². The maximum Gasteiger partial charge on any atom is 0.186 e. The van der Waals surface area contributed by atoms with E-state index in [1.54, 1.807) is 11.3 Å². The zero-order chi connectivity index (χ0) is 14.0. The van der Waals surface area contributed by atoms with Crippen LogP contribution in [0.5, 0.6) is 0 Å². The highest BCUT2D eigenvalue weighted by Gasteiger charge is 2.28. The highest BCUT2D eigenvalue weighted by atomic mass is 32.1. The molecule has 0 N–H and O–H groups in total. The lowest BCUT2D eigenvalue weighted by molar-refractivity contribution is 0.112. The molecule has 0 bridgehead atoms. The van der Waals surface area contributed by atoms with Crippen LogP contribution in [0.2, 0.25) is 0 Å². The number of anilines is 1. The standard InChI is InChI=1S/C15H24N2OS/c1-5-6-11-7-8-17(9-11)14-16-13(15(2,3)4)12(10-18)19-14/h10-11H,5-9H2,1-4H3. The average Bonchev–Trinajstić information content (AvgIpc) is 2.93. The van der Waals surface area contributed by atoms with E-state index in [0.29, 0.717) is 0 Å². The van der Waals surface area contributed by atoms with Crippen LogP contribution in [0.3, 0.4) is 0 Å². The number of rotatable bonds is 4. The molecule has 2 heterocycles. The second kappa shape index (κ2) is 5.61. The van der Waals surface area contributed by atoms with Crippen LogP contribution in [0.25, 0.3) is 0 Å². The van der Waals surface area contributed by atoms with E-state index in [1.165, 1.54) is 19.3 Å². The smallest absolute Gasteiger partial charge is 0.186 e. The molecule has 1 aliphatic rings. The van der Waals surface area contributed by atoms with Crippen molar-refractivity contribution in [2.45, 2.75) is 52.4 Å². The molecule has 0 amide bonds. The van der Waals surface area contributed by atoms with Gasteiger partial charge >= 0.3 is 0 Å². The predicted molar refractivity (Wildman–Crippen MR) is 81.4 cm³/mol. The van der Waals surface area contributed by atoms with Crippen molar-refractivity contribution in [3.8, 4) is 0 Å². The van der Waals surface area contributed by atoms with Gasteiger partial charge in [-0.15, -0.1) is 0 Å². The predicted octanol–water partition coefficient (Wildman–Crippen LogP) is 3.88. The zero-order valence-corrected chi connectivity index (χ0v) is 13.2. The fourth-order valence-corrected chi connectivity index (χ4v) is 3.85. The number of carbonyl (C=O) groups is 1. The van der Waals surface area contributed by atoms with Gasteiger partial charge in [0.1, 0.15) is 0 Å². The van der Waals surface area contributed by atoms with Gasteiger partial charge in [0, 0.05) is 18.5 Å². The summed E-state index contributed by atoms with van der Waals surface area (Å²) in [5, 5.41) is 1.03. The van der Waals surface area contributed by atoms with Gasteiger partial charge in [0.15, 0.2) is 11.4 Å². The lowest BCUT2D eigenvalue weighted by Gasteiger charge is -2.17. The SMILES string of the molecule is CCCC1CCN(c2nc(C(C)(C)C)c(C=O)s2)C1.